The molecule has 0 N–H and O–H groups in total. The van der Waals surface area contributed by atoms with Gasteiger partial charge in [0.1, 0.15) is 12.6 Å². The molecule has 3 aromatic rings. The second kappa shape index (κ2) is 6.73. The van der Waals surface area contributed by atoms with Crippen LogP contribution in [-0.2, 0) is 14.3 Å². The molecule has 2 aromatic carbocycles. The number of nitriles is 1. The predicted molar refractivity (Wildman–Crippen MR) is 91.7 cm³/mol. The minimum atomic E-state index is -0.475. The summed E-state index contributed by atoms with van der Waals surface area (Å²) in [6, 6.07) is 15.1. The lowest BCUT2D eigenvalue weighted by Gasteiger charge is -2.16. The zero-order valence-electron chi connectivity index (χ0n) is 13.7. The minimum absolute atomic E-state index is 0.232. The van der Waals surface area contributed by atoms with E-state index < -0.39 is 6.04 Å². The zero-order valence-corrected chi connectivity index (χ0v) is 13.7. The summed E-state index contributed by atoms with van der Waals surface area (Å²) in [6.07, 6.45) is 0. The van der Waals surface area contributed by atoms with E-state index in [0.29, 0.717) is 12.2 Å². The van der Waals surface area contributed by atoms with Crippen molar-refractivity contribution in [2.45, 2.75) is 13.0 Å². The molecule has 3 rings (SSSR count). The molecule has 5 heteroatoms. The third kappa shape index (κ3) is 2.72. The van der Waals surface area contributed by atoms with Crippen molar-refractivity contribution in [3.8, 4) is 6.07 Å². The summed E-state index contributed by atoms with van der Waals surface area (Å²) < 4.78 is 12.1. The Bertz CT molecular complexity index is 937. The van der Waals surface area contributed by atoms with E-state index in [9.17, 15) is 4.79 Å². The maximum atomic E-state index is 12.4. The average Bonchev–Trinajstić information content (AvgIpc) is 2.94. The van der Waals surface area contributed by atoms with Gasteiger partial charge in [-0.3, -0.25) is 0 Å². The fourth-order valence-electron chi connectivity index (χ4n) is 2.94. The number of aromatic nitrogens is 1. The van der Waals surface area contributed by atoms with Crippen LogP contribution in [0.5, 0.6) is 0 Å². The van der Waals surface area contributed by atoms with Crippen LogP contribution in [0.15, 0.2) is 42.5 Å². The van der Waals surface area contributed by atoms with Gasteiger partial charge in [0.05, 0.1) is 23.8 Å². The Morgan fingerprint density at radius 1 is 1.17 bits per heavy atom. The average molecular weight is 322 g/mol. The molecule has 122 valence electrons. The zero-order chi connectivity index (χ0) is 17.1. The Balaban J connectivity index is 2.12. The third-order valence-electron chi connectivity index (χ3n) is 4.10. The number of carbonyl (C=O) groups excluding carboxylic acids is 1. The maximum Gasteiger partial charge on any atom is 0.328 e. The summed E-state index contributed by atoms with van der Waals surface area (Å²) in [7, 11) is 1.57. The number of esters is 1. The van der Waals surface area contributed by atoms with Crippen molar-refractivity contribution in [2.75, 3.05) is 20.3 Å². The second-order valence-corrected chi connectivity index (χ2v) is 5.57. The van der Waals surface area contributed by atoms with Crippen LogP contribution in [0.3, 0.4) is 0 Å². The molecule has 24 heavy (non-hydrogen) atoms. The molecular weight excluding hydrogens is 304 g/mol. The molecule has 0 amide bonds. The van der Waals surface area contributed by atoms with Gasteiger partial charge in [0.2, 0.25) is 0 Å². The summed E-state index contributed by atoms with van der Waals surface area (Å²) in [5.41, 5.74) is 2.45. The summed E-state index contributed by atoms with van der Waals surface area (Å²) in [5, 5.41) is 11.1. The Morgan fingerprint density at radius 2 is 1.92 bits per heavy atom. The van der Waals surface area contributed by atoms with E-state index in [-0.39, 0.29) is 12.6 Å². The van der Waals surface area contributed by atoms with E-state index in [1.54, 1.807) is 13.2 Å². The van der Waals surface area contributed by atoms with E-state index in [1.807, 2.05) is 47.9 Å². The number of fused-ring (bicyclic) bond motifs is 3. The first kappa shape index (κ1) is 16.0. The van der Waals surface area contributed by atoms with Crippen molar-refractivity contribution in [3.05, 3.63) is 48.0 Å². The van der Waals surface area contributed by atoms with Crippen LogP contribution in [-0.4, -0.2) is 30.9 Å². The lowest BCUT2D eigenvalue weighted by molar-refractivity contribution is -0.148. The minimum Gasteiger partial charge on any atom is -0.462 e. The van der Waals surface area contributed by atoms with Gasteiger partial charge in [-0.05, 0) is 31.2 Å². The Labute approximate surface area is 140 Å². The highest BCUT2D eigenvalue weighted by atomic mass is 16.6. The van der Waals surface area contributed by atoms with Crippen molar-refractivity contribution in [1.82, 2.24) is 4.57 Å². The summed E-state index contributed by atoms with van der Waals surface area (Å²) >= 11 is 0. The number of benzene rings is 2. The number of hydrogen-bond acceptors (Lipinski definition) is 4. The first-order valence-electron chi connectivity index (χ1n) is 7.75. The van der Waals surface area contributed by atoms with Gasteiger partial charge in [-0.2, -0.15) is 5.26 Å². The molecule has 0 aliphatic heterocycles. The predicted octanol–water partition coefficient (Wildman–Crippen LogP) is 3.42. The van der Waals surface area contributed by atoms with Gasteiger partial charge in [-0.15, -0.1) is 0 Å². The lowest BCUT2D eigenvalue weighted by Crippen LogP contribution is -2.20. The molecule has 0 aliphatic carbocycles. The first-order chi connectivity index (χ1) is 11.7. The maximum absolute atomic E-state index is 12.4. The summed E-state index contributed by atoms with van der Waals surface area (Å²) in [6.45, 7) is 2.42. The van der Waals surface area contributed by atoms with E-state index in [0.717, 1.165) is 21.8 Å². The molecule has 1 aromatic heterocycles. The summed E-state index contributed by atoms with van der Waals surface area (Å²) in [5.74, 6) is -0.306. The molecule has 0 bridgehead atoms. The Morgan fingerprint density at radius 3 is 2.67 bits per heavy atom. The topological polar surface area (TPSA) is 64.2 Å². The number of nitrogens with zero attached hydrogens (tertiary/aromatic N) is 2. The van der Waals surface area contributed by atoms with Crippen molar-refractivity contribution in [2.24, 2.45) is 0 Å². The lowest BCUT2D eigenvalue weighted by atomic mass is 10.1. The van der Waals surface area contributed by atoms with Crippen LogP contribution in [0, 0.1) is 11.3 Å². The van der Waals surface area contributed by atoms with Crippen LogP contribution >= 0.6 is 0 Å². The van der Waals surface area contributed by atoms with Gasteiger partial charge in [0, 0.05) is 23.4 Å². The molecule has 0 fully saturated rings. The smallest absolute Gasteiger partial charge is 0.328 e. The molecule has 0 aliphatic rings. The first-order valence-corrected chi connectivity index (χ1v) is 7.75. The van der Waals surface area contributed by atoms with Crippen LogP contribution in [0.25, 0.3) is 21.8 Å². The Hall–Kier alpha value is -2.84. The molecule has 0 radical (unpaired) electrons. The van der Waals surface area contributed by atoms with Gasteiger partial charge in [-0.1, -0.05) is 18.2 Å². The molecule has 1 heterocycles. The number of rotatable bonds is 5. The van der Waals surface area contributed by atoms with Crippen molar-refractivity contribution >= 4 is 27.8 Å². The van der Waals surface area contributed by atoms with Crippen molar-refractivity contribution in [1.29, 1.82) is 5.26 Å². The number of para-hydroxylation sites is 1. The van der Waals surface area contributed by atoms with Gasteiger partial charge in [0.15, 0.2) is 0 Å². The highest BCUT2D eigenvalue weighted by Crippen LogP contribution is 2.32. The van der Waals surface area contributed by atoms with Crippen LogP contribution in [0.1, 0.15) is 18.5 Å². The highest BCUT2D eigenvalue weighted by molar-refractivity contribution is 6.09. The number of carbonyl (C=O) groups is 1. The van der Waals surface area contributed by atoms with Gasteiger partial charge < -0.3 is 14.0 Å². The third-order valence-corrected chi connectivity index (χ3v) is 4.10. The van der Waals surface area contributed by atoms with Crippen molar-refractivity contribution < 1.29 is 14.3 Å². The number of methoxy groups -OCH3 is 1. The molecule has 5 nitrogen and oxygen atoms in total. The normalized spacial score (nSPS) is 12.2. The molecule has 1 unspecified atom stereocenters. The van der Waals surface area contributed by atoms with E-state index in [2.05, 4.69) is 6.07 Å². The van der Waals surface area contributed by atoms with Crippen LogP contribution < -0.4 is 0 Å². The van der Waals surface area contributed by atoms with Gasteiger partial charge in [-0.25, -0.2) is 4.79 Å². The van der Waals surface area contributed by atoms with Gasteiger partial charge >= 0.3 is 5.97 Å². The molecule has 0 spiro atoms. The highest BCUT2D eigenvalue weighted by Gasteiger charge is 2.21. The fourth-order valence-corrected chi connectivity index (χ4v) is 2.94. The fraction of sp³-hybridized carbons (Fsp3) is 0.263. The molecule has 1 atom stereocenters. The molecular formula is C19H18N2O3. The van der Waals surface area contributed by atoms with E-state index >= 15 is 0 Å². The Kier molecular flexibility index (Phi) is 4.50. The van der Waals surface area contributed by atoms with Crippen LogP contribution in [0.4, 0.5) is 0 Å². The van der Waals surface area contributed by atoms with Crippen LogP contribution in [0.2, 0.25) is 0 Å². The number of ether oxygens (including phenoxy) is 2. The van der Waals surface area contributed by atoms with Crippen molar-refractivity contribution in [3.63, 3.8) is 0 Å². The quantitative estimate of drug-likeness (QED) is 0.533. The van der Waals surface area contributed by atoms with Gasteiger partial charge in [0.25, 0.3) is 0 Å². The van der Waals surface area contributed by atoms with E-state index in [4.69, 9.17) is 14.7 Å². The second-order valence-electron chi connectivity index (χ2n) is 5.57. The molecule has 0 saturated carbocycles. The monoisotopic (exact) mass is 322 g/mol. The largest absolute Gasteiger partial charge is 0.462 e. The number of hydrogen-bond donors (Lipinski definition) is 0. The molecule has 0 saturated heterocycles. The SMILES string of the molecule is COCCOC(=O)C(C)n1c2ccccc2c2cc(C#N)ccc21. The van der Waals surface area contributed by atoms with E-state index in [1.165, 1.54) is 0 Å². The standard InChI is InChI=1S/C19H18N2O3/c1-13(19(22)24-10-9-23-2)21-17-6-4-3-5-15(17)16-11-14(12-20)7-8-18(16)21/h3-8,11,13H,9-10H2,1-2H3. The summed E-state index contributed by atoms with van der Waals surface area (Å²) in [4.78, 5) is 12.4.